The van der Waals surface area contributed by atoms with Crippen LogP contribution in [0, 0.1) is 5.92 Å². The molecule has 1 aromatic rings. The fourth-order valence-electron chi connectivity index (χ4n) is 4.06. The van der Waals surface area contributed by atoms with E-state index in [4.69, 9.17) is 0 Å². The number of benzene rings is 1. The molecule has 27 heavy (non-hydrogen) atoms. The van der Waals surface area contributed by atoms with Crippen molar-refractivity contribution in [3.05, 3.63) is 29.8 Å². The zero-order valence-corrected chi connectivity index (χ0v) is 17.8. The summed E-state index contributed by atoms with van der Waals surface area (Å²) in [5.74, 6) is 0.669. The number of rotatable bonds is 5. The van der Waals surface area contributed by atoms with Gasteiger partial charge in [-0.15, -0.1) is 12.4 Å². The van der Waals surface area contributed by atoms with E-state index in [1.807, 2.05) is 6.92 Å². The first kappa shape index (κ1) is 22.1. The van der Waals surface area contributed by atoms with Crippen molar-refractivity contribution < 1.29 is 13.2 Å². The summed E-state index contributed by atoms with van der Waals surface area (Å²) in [4.78, 5) is 12.9. The van der Waals surface area contributed by atoms with Gasteiger partial charge in [0.25, 0.3) is 0 Å². The predicted octanol–water partition coefficient (Wildman–Crippen LogP) is 2.46. The number of sulfonamides is 1. The Morgan fingerprint density at radius 3 is 2.41 bits per heavy atom. The number of nitrogens with one attached hydrogen (secondary N) is 2. The van der Waals surface area contributed by atoms with Crippen LogP contribution in [-0.2, 0) is 14.8 Å². The van der Waals surface area contributed by atoms with Gasteiger partial charge in [0.05, 0.1) is 17.0 Å². The number of carbonyl (C=O) groups is 1. The van der Waals surface area contributed by atoms with Crippen molar-refractivity contribution in [2.45, 2.75) is 62.0 Å². The Labute approximate surface area is 168 Å². The lowest BCUT2D eigenvalue weighted by Crippen LogP contribution is -2.43. The maximum atomic E-state index is 12.6. The van der Waals surface area contributed by atoms with E-state index in [0.29, 0.717) is 12.0 Å². The molecule has 1 saturated carbocycles. The third-order valence-electron chi connectivity index (χ3n) is 5.70. The number of nitrogens with zero attached hydrogens (tertiary/aromatic N) is 1. The van der Waals surface area contributed by atoms with Crippen LogP contribution in [0.1, 0.15) is 50.6 Å². The Hall–Kier alpha value is -1.15. The summed E-state index contributed by atoms with van der Waals surface area (Å²) in [5, 5.41) is 6.56. The Morgan fingerprint density at radius 2 is 1.81 bits per heavy atom. The Bertz CT molecular complexity index is 738. The Morgan fingerprint density at radius 1 is 1.19 bits per heavy atom. The number of fused-ring (bicyclic) bond motifs is 1. The molecule has 4 unspecified atom stereocenters. The highest BCUT2D eigenvalue weighted by atomic mass is 35.5. The van der Waals surface area contributed by atoms with Crippen molar-refractivity contribution in [3.63, 3.8) is 0 Å². The smallest absolute Gasteiger partial charge is 0.242 e. The molecule has 6 nitrogen and oxygen atoms in total. The van der Waals surface area contributed by atoms with Crippen LogP contribution < -0.4 is 10.6 Å². The van der Waals surface area contributed by atoms with Crippen molar-refractivity contribution in [2.24, 2.45) is 5.92 Å². The van der Waals surface area contributed by atoms with E-state index in [-0.39, 0.29) is 35.3 Å². The second kappa shape index (κ2) is 8.90. The second-order valence-corrected chi connectivity index (χ2v) is 9.84. The molecule has 2 fully saturated rings. The van der Waals surface area contributed by atoms with E-state index < -0.39 is 10.0 Å². The summed E-state index contributed by atoms with van der Waals surface area (Å²) in [6.07, 6.45) is 5.84. The molecule has 1 aromatic carbocycles. The van der Waals surface area contributed by atoms with Crippen LogP contribution >= 0.6 is 12.4 Å². The van der Waals surface area contributed by atoms with Gasteiger partial charge in [0.2, 0.25) is 15.9 Å². The SMILES string of the molecule is CC(NC(=O)C1CC2CCCCC2N1)c1ccc(S(=O)(=O)N(C)C)cc1.Cl. The molecule has 1 heterocycles. The van der Waals surface area contributed by atoms with Gasteiger partial charge in [0.15, 0.2) is 0 Å². The lowest BCUT2D eigenvalue weighted by atomic mass is 9.85. The molecule has 4 atom stereocenters. The standard InChI is InChI=1S/C19H29N3O3S.ClH/c1-13(14-8-10-16(11-9-14)26(24,25)22(2)3)20-19(23)18-12-15-6-4-5-7-17(15)21-18;/h8-11,13,15,17-18,21H,4-7,12H2,1-3H3,(H,20,23);1H. The third kappa shape index (κ3) is 4.83. The summed E-state index contributed by atoms with van der Waals surface area (Å²) in [7, 11) is -0.407. The molecule has 0 radical (unpaired) electrons. The summed E-state index contributed by atoms with van der Waals surface area (Å²) in [6, 6.07) is 6.94. The predicted molar refractivity (Wildman–Crippen MR) is 108 cm³/mol. The molecular weight excluding hydrogens is 386 g/mol. The van der Waals surface area contributed by atoms with Gasteiger partial charge < -0.3 is 10.6 Å². The van der Waals surface area contributed by atoms with Gasteiger partial charge in [-0.25, -0.2) is 12.7 Å². The van der Waals surface area contributed by atoms with Crippen molar-refractivity contribution in [1.82, 2.24) is 14.9 Å². The summed E-state index contributed by atoms with van der Waals surface area (Å²) >= 11 is 0. The van der Waals surface area contributed by atoms with Gasteiger partial charge in [-0.1, -0.05) is 25.0 Å². The topological polar surface area (TPSA) is 78.5 Å². The molecule has 3 rings (SSSR count). The van der Waals surface area contributed by atoms with E-state index in [2.05, 4.69) is 10.6 Å². The molecule has 2 aliphatic rings. The van der Waals surface area contributed by atoms with E-state index >= 15 is 0 Å². The molecule has 1 aliphatic carbocycles. The van der Waals surface area contributed by atoms with E-state index in [0.717, 1.165) is 12.0 Å². The molecule has 1 aliphatic heterocycles. The number of hydrogen-bond donors (Lipinski definition) is 2. The van der Waals surface area contributed by atoms with Crippen molar-refractivity contribution in [2.75, 3.05) is 14.1 Å². The van der Waals surface area contributed by atoms with Crippen LogP contribution in [0.4, 0.5) is 0 Å². The lowest BCUT2D eigenvalue weighted by molar-refractivity contribution is -0.123. The van der Waals surface area contributed by atoms with Crippen LogP contribution in [0.2, 0.25) is 0 Å². The van der Waals surface area contributed by atoms with Crippen molar-refractivity contribution in [1.29, 1.82) is 0 Å². The molecular formula is C19H30ClN3O3S. The largest absolute Gasteiger partial charge is 0.348 e. The number of hydrogen-bond acceptors (Lipinski definition) is 4. The van der Waals surface area contributed by atoms with E-state index in [1.54, 1.807) is 24.3 Å². The van der Waals surface area contributed by atoms with Crippen LogP contribution in [0.3, 0.4) is 0 Å². The molecule has 1 saturated heterocycles. The average molecular weight is 416 g/mol. The number of amides is 1. The van der Waals surface area contributed by atoms with Gasteiger partial charge in [0, 0.05) is 20.1 Å². The highest BCUT2D eigenvalue weighted by Gasteiger charge is 2.38. The molecule has 2 N–H and O–H groups in total. The number of halogens is 1. The minimum Gasteiger partial charge on any atom is -0.348 e. The van der Waals surface area contributed by atoms with Crippen molar-refractivity contribution >= 4 is 28.3 Å². The number of carbonyl (C=O) groups excluding carboxylic acids is 1. The van der Waals surface area contributed by atoms with E-state index in [9.17, 15) is 13.2 Å². The molecule has 1 amide bonds. The normalized spacial score (nSPS) is 26.1. The van der Waals surface area contributed by atoms with Crippen LogP contribution in [0.5, 0.6) is 0 Å². The zero-order chi connectivity index (χ0) is 18.9. The fourth-order valence-corrected chi connectivity index (χ4v) is 4.96. The van der Waals surface area contributed by atoms with Gasteiger partial charge >= 0.3 is 0 Å². The minimum absolute atomic E-state index is 0. The zero-order valence-electron chi connectivity index (χ0n) is 16.1. The highest BCUT2D eigenvalue weighted by molar-refractivity contribution is 7.89. The molecule has 152 valence electrons. The summed E-state index contributed by atoms with van der Waals surface area (Å²) in [5.41, 5.74) is 0.895. The lowest BCUT2D eigenvalue weighted by Gasteiger charge is -2.24. The second-order valence-electron chi connectivity index (χ2n) is 7.69. The van der Waals surface area contributed by atoms with Crippen LogP contribution in [-0.4, -0.2) is 44.8 Å². The summed E-state index contributed by atoms with van der Waals surface area (Å²) < 4.78 is 25.5. The molecule has 0 aromatic heterocycles. The van der Waals surface area contributed by atoms with Gasteiger partial charge in [-0.2, -0.15) is 0 Å². The maximum Gasteiger partial charge on any atom is 0.242 e. The van der Waals surface area contributed by atoms with Gasteiger partial charge in [-0.05, 0) is 49.8 Å². The first-order valence-electron chi connectivity index (χ1n) is 9.38. The van der Waals surface area contributed by atoms with E-state index in [1.165, 1.54) is 44.1 Å². The molecule has 0 bridgehead atoms. The Balaban J connectivity index is 0.00000261. The van der Waals surface area contributed by atoms with Gasteiger partial charge in [-0.3, -0.25) is 4.79 Å². The first-order chi connectivity index (χ1) is 12.3. The van der Waals surface area contributed by atoms with Crippen LogP contribution in [0.25, 0.3) is 0 Å². The minimum atomic E-state index is -3.43. The van der Waals surface area contributed by atoms with Crippen molar-refractivity contribution in [3.8, 4) is 0 Å². The van der Waals surface area contributed by atoms with Crippen LogP contribution in [0.15, 0.2) is 29.2 Å². The maximum absolute atomic E-state index is 12.6. The highest BCUT2D eigenvalue weighted by Crippen LogP contribution is 2.33. The third-order valence-corrected chi connectivity index (χ3v) is 7.53. The van der Waals surface area contributed by atoms with Gasteiger partial charge in [0.1, 0.15) is 0 Å². The molecule has 0 spiro atoms. The monoisotopic (exact) mass is 415 g/mol. The average Bonchev–Trinajstić information content (AvgIpc) is 3.06. The Kier molecular flexibility index (Phi) is 7.30. The first-order valence-corrected chi connectivity index (χ1v) is 10.8. The quantitative estimate of drug-likeness (QED) is 0.774. The fraction of sp³-hybridized carbons (Fsp3) is 0.632. The summed E-state index contributed by atoms with van der Waals surface area (Å²) in [6.45, 7) is 1.93. The molecule has 8 heteroatoms.